The lowest BCUT2D eigenvalue weighted by Crippen LogP contribution is -2.18. The number of carbonyl (C=O) groups is 2. The van der Waals surface area contributed by atoms with Crippen molar-refractivity contribution in [1.82, 2.24) is 0 Å². The van der Waals surface area contributed by atoms with Crippen LogP contribution < -0.4 is 14.2 Å². The Morgan fingerprint density at radius 2 is 1.14 bits per heavy atom. The third-order valence-electron chi connectivity index (χ3n) is 3.54. The summed E-state index contributed by atoms with van der Waals surface area (Å²) >= 11 is 11.1. The molecule has 16 heteroatoms. The summed E-state index contributed by atoms with van der Waals surface area (Å²) in [5.74, 6) is -4.65. The molecule has 2 rings (SSSR count). The minimum Gasteiger partial charge on any atom is -0.503 e. The number of ether oxygens (including phenoxy) is 5. The number of hydrogen-bond donors (Lipinski definition) is 1. The third-order valence-corrected chi connectivity index (χ3v) is 4.10. The van der Waals surface area contributed by atoms with Crippen molar-refractivity contribution in [3.63, 3.8) is 0 Å². The molecule has 0 unspecified atom stereocenters. The van der Waals surface area contributed by atoms with E-state index in [0.717, 1.165) is 39.5 Å². The molecule has 2 aromatic carbocycles. The number of phenols is 1. The van der Waals surface area contributed by atoms with E-state index in [0.29, 0.717) is 6.07 Å². The van der Waals surface area contributed by atoms with Gasteiger partial charge in [0.05, 0.1) is 42.5 Å². The molecule has 0 aromatic heterocycles. The molecule has 0 heterocycles. The van der Waals surface area contributed by atoms with Crippen molar-refractivity contribution in [2.45, 2.75) is 12.7 Å². The molecule has 0 spiro atoms. The second-order valence-corrected chi connectivity index (χ2v) is 6.69. The summed E-state index contributed by atoms with van der Waals surface area (Å²) in [7, 11) is 3.26. The van der Waals surface area contributed by atoms with Crippen LogP contribution in [0.5, 0.6) is 23.0 Å². The van der Waals surface area contributed by atoms with E-state index < -0.39 is 46.9 Å². The Kier molecular flexibility index (Phi) is 10.1. The molecule has 0 aliphatic rings. The van der Waals surface area contributed by atoms with Gasteiger partial charge in [-0.05, 0) is 24.3 Å². The summed E-state index contributed by atoms with van der Waals surface area (Å²) in [6.07, 6.45) is -9.93. The van der Waals surface area contributed by atoms with E-state index >= 15 is 0 Å². The molecule has 0 bridgehead atoms. The van der Waals surface area contributed by atoms with Gasteiger partial charge >= 0.3 is 24.7 Å². The predicted octanol–water partition coefficient (Wildman–Crippen LogP) is 5.76. The molecule has 0 aliphatic carbocycles. The summed E-state index contributed by atoms with van der Waals surface area (Å²) < 4.78 is 93.0. The first-order valence-electron chi connectivity index (χ1n) is 8.61. The van der Waals surface area contributed by atoms with Crippen LogP contribution in [0, 0.1) is 0 Å². The van der Waals surface area contributed by atoms with E-state index in [1.807, 2.05) is 0 Å². The quantitative estimate of drug-likeness (QED) is 0.367. The molecule has 1 N–H and O–H groups in total. The number of alkyl halides is 6. The fourth-order valence-corrected chi connectivity index (χ4v) is 2.71. The highest BCUT2D eigenvalue weighted by atomic mass is 35.5. The van der Waals surface area contributed by atoms with E-state index in [1.165, 1.54) is 0 Å². The van der Waals surface area contributed by atoms with Gasteiger partial charge in [0.1, 0.15) is 0 Å². The van der Waals surface area contributed by atoms with E-state index in [-0.39, 0.29) is 21.9 Å². The normalized spacial score (nSPS) is 11.1. The van der Waals surface area contributed by atoms with Gasteiger partial charge in [-0.1, -0.05) is 23.2 Å². The molecule has 0 fully saturated rings. The number of phenolic OH excluding ortho intramolecular Hbond substituents is 1. The number of halogens is 8. The Hall–Kier alpha value is -3.26. The monoisotopic (exact) mass is 554 g/mol. The van der Waals surface area contributed by atoms with Crippen LogP contribution in [-0.2, 0) is 9.47 Å². The van der Waals surface area contributed by atoms with Crippen LogP contribution in [0.1, 0.15) is 20.7 Å². The van der Waals surface area contributed by atoms with E-state index in [9.17, 15) is 41.0 Å². The molecule has 0 saturated heterocycles. The van der Waals surface area contributed by atoms with Gasteiger partial charge in [0, 0.05) is 0 Å². The molecular formula is C19H14Cl2F6O8. The van der Waals surface area contributed by atoms with Crippen molar-refractivity contribution in [2.24, 2.45) is 0 Å². The smallest absolute Gasteiger partial charge is 0.503 e. The molecule has 2 aromatic rings. The summed E-state index contributed by atoms with van der Waals surface area (Å²) in [5, 5.41) is 8.58. The van der Waals surface area contributed by atoms with E-state index in [1.54, 1.807) is 0 Å². The maximum Gasteiger partial charge on any atom is 0.573 e. The van der Waals surface area contributed by atoms with Gasteiger partial charge < -0.3 is 28.8 Å². The lowest BCUT2D eigenvalue weighted by Gasteiger charge is -2.14. The van der Waals surface area contributed by atoms with Gasteiger partial charge in [0.25, 0.3) is 0 Å². The molecule has 0 aliphatic heterocycles. The molecule has 0 atom stereocenters. The summed E-state index contributed by atoms with van der Waals surface area (Å²) in [6, 6.07) is 3.60. The zero-order valence-corrected chi connectivity index (χ0v) is 19.1. The van der Waals surface area contributed by atoms with Crippen molar-refractivity contribution in [3.05, 3.63) is 45.4 Å². The van der Waals surface area contributed by atoms with Gasteiger partial charge in [0.2, 0.25) is 0 Å². The zero-order chi connectivity index (χ0) is 27.1. The van der Waals surface area contributed by atoms with Gasteiger partial charge in [-0.2, -0.15) is 0 Å². The van der Waals surface area contributed by atoms with Crippen LogP contribution in [0.3, 0.4) is 0 Å². The molecule has 8 nitrogen and oxygen atoms in total. The van der Waals surface area contributed by atoms with Crippen LogP contribution in [0.4, 0.5) is 26.3 Å². The number of aromatic hydroxyl groups is 1. The Morgan fingerprint density at radius 3 is 1.54 bits per heavy atom. The van der Waals surface area contributed by atoms with Crippen LogP contribution in [0.25, 0.3) is 0 Å². The molecule has 0 radical (unpaired) electrons. The number of carbonyl (C=O) groups excluding carboxylic acids is 2. The van der Waals surface area contributed by atoms with Crippen molar-refractivity contribution >= 4 is 35.1 Å². The number of methoxy groups -OCH3 is 3. The fourth-order valence-electron chi connectivity index (χ4n) is 2.21. The van der Waals surface area contributed by atoms with E-state index in [2.05, 4.69) is 23.7 Å². The fraction of sp³-hybridized carbons (Fsp3) is 0.263. The largest absolute Gasteiger partial charge is 0.573 e. The molecule has 0 amide bonds. The first-order valence-corrected chi connectivity index (χ1v) is 9.36. The van der Waals surface area contributed by atoms with E-state index in [4.69, 9.17) is 23.2 Å². The van der Waals surface area contributed by atoms with Crippen LogP contribution in [0.2, 0.25) is 10.0 Å². The number of benzene rings is 2. The Morgan fingerprint density at radius 1 is 0.743 bits per heavy atom. The van der Waals surface area contributed by atoms with Gasteiger partial charge in [-0.15, -0.1) is 26.3 Å². The topological polar surface area (TPSA) is 101 Å². The lowest BCUT2D eigenvalue weighted by molar-refractivity contribution is -0.276. The average Bonchev–Trinajstić information content (AvgIpc) is 2.73. The minimum absolute atomic E-state index is 0.178. The highest BCUT2D eigenvalue weighted by Crippen LogP contribution is 2.40. The number of rotatable bonds is 5. The van der Waals surface area contributed by atoms with Gasteiger partial charge in [0.15, 0.2) is 23.0 Å². The summed E-state index contributed by atoms with van der Waals surface area (Å²) in [5.41, 5.74) is -0.447. The van der Waals surface area contributed by atoms with Gasteiger partial charge in [-0.3, -0.25) is 0 Å². The minimum atomic E-state index is -5.00. The zero-order valence-electron chi connectivity index (χ0n) is 17.6. The van der Waals surface area contributed by atoms with Crippen molar-refractivity contribution in [1.29, 1.82) is 0 Å². The Bertz CT molecular complexity index is 1070. The molecule has 0 saturated carbocycles. The van der Waals surface area contributed by atoms with Gasteiger partial charge in [-0.25, -0.2) is 9.59 Å². The van der Waals surface area contributed by atoms with Crippen LogP contribution >= 0.6 is 23.2 Å². The molecule has 194 valence electrons. The Balaban J connectivity index is 0.000000351. The van der Waals surface area contributed by atoms with Crippen LogP contribution in [0.15, 0.2) is 24.3 Å². The molecular weight excluding hydrogens is 541 g/mol. The standard InChI is InChI=1S/C10H8ClF3O4.C9H6ClF3O4/c1-16-8-6(11)3-5(9(15)17-2)4-7(8)18-10(12,13)14;1-16-8(15)4-2-5(10)7(14)6(3-4)17-9(11,12)13/h3-4H,1-2H3;2-3,14H,1H3. The highest BCUT2D eigenvalue weighted by Gasteiger charge is 2.34. The Labute approximate surface area is 202 Å². The highest BCUT2D eigenvalue weighted by molar-refractivity contribution is 6.33. The SMILES string of the molecule is COC(=O)c1cc(Cl)c(O)c(OC(F)(F)F)c1.COC(=O)c1cc(Cl)c(OC)c(OC(F)(F)F)c1. The second kappa shape index (κ2) is 11.9. The first kappa shape index (κ1) is 29.8. The average molecular weight is 555 g/mol. The maximum atomic E-state index is 12.2. The summed E-state index contributed by atoms with van der Waals surface area (Å²) in [4.78, 5) is 22.3. The van der Waals surface area contributed by atoms with Crippen LogP contribution in [-0.4, -0.2) is 51.1 Å². The number of hydrogen-bond acceptors (Lipinski definition) is 8. The molecule has 35 heavy (non-hydrogen) atoms. The summed E-state index contributed by atoms with van der Waals surface area (Å²) in [6.45, 7) is 0. The number of esters is 2. The lowest BCUT2D eigenvalue weighted by atomic mass is 10.2. The van der Waals surface area contributed by atoms with Crippen molar-refractivity contribution < 1.29 is 64.7 Å². The van der Waals surface area contributed by atoms with Crippen molar-refractivity contribution in [3.8, 4) is 23.0 Å². The predicted molar refractivity (Wildman–Crippen MR) is 107 cm³/mol. The first-order chi connectivity index (χ1) is 16.0. The third kappa shape index (κ3) is 9.13. The maximum absolute atomic E-state index is 12.2. The van der Waals surface area contributed by atoms with Crippen molar-refractivity contribution in [2.75, 3.05) is 21.3 Å². The second-order valence-electron chi connectivity index (χ2n) is 5.87.